The summed E-state index contributed by atoms with van der Waals surface area (Å²) >= 11 is 1.53. The van der Waals surface area contributed by atoms with Crippen LogP contribution in [0.5, 0.6) is 0 Å². The van der Waals surface area contributed by atoms with Crippen molar-refractivity contribution in [2.24, 2.45) is 11.8 Å². The van der Waals surface area contributed by atoms with Gasteiger partial charge in [0.2, 0.25) is 18.1 Å². The molecule has 3 aliphatic rings. The molecule has 0 aromatic carbocycles. The van der Waals surface area contributed by atoms with Crippen LogP contribution in [0.2, 0.25) is 0 Å². The molecule has 3 N–H and O–H groups in total. The van der Waals surface area contributed by atoms with E-state index < -0.39 is 0 Å². The van der Waals surface area contributed by atoms with Crippen LogP contribution in [0.15, 0.2) is 30.9 Å². The summed E-state index contributed by atoms with van der Waals surface area (Å²) < 4.78 is 2.70. The van der Waals surface area contributed by atoms with Gasteiger partial charge in [0.05, 0.1) is 5.56 Å². The van der Waals surface area contributed by atoms with Gasteiger partial charge in [-0.15, -0.1) is 21.5 Å². The predicted octanol–water partition coefficient (Wildman–Crippen LogP) is 2.93. The monoisotopic (exact) mass is 493 g/mol. The number of hydrogen-bond donors (Lipinski definition) is 3. The summed E-state index contributed by atoms with van der Waals surface area (Å²) in [6.45, 7) is 0.680. The Morgan fingerprint density at radius 2 is 2.09 bits per heavy atom. The Balaban J connectivity index is 1.27. The van der Waals surface area contributed by atoms with E-state index in [0.717, 1.165) is 53.7 Å². The molecule has 3 aromatic heterocycles. The number of carbonyl (C=O) groups excluding carboxylic acids is 2. The molecule has 2 saturated carbocycles. The molecule has 3 aliphatic carbocycles. The zero-order valence-corrected chi connectivity index (χ0v) is 20.0. The average molecular weight is 494 g/mol. The van der Waals surface area contributed by atoms with E-state index >= 15 is 0 Å². The third kappa shape index (κ3) is 4.72. The summed E-state index contributed by atoms with van der Waals surface area (Å²) in [5, 5.41) is 29.9. The maximum Gasteiger partial charge on any atom is 0.254 e. The first-order chi connectivity index (χ1) is 17.0. The van der Waals surface area contributed by atoms with Gasteiger partial charge >= 0.3 is 0 Å². The Morgan fingerprint density at radius 1 is 1.23 bits per heavy atom. The van der Waals surface area contributed by atoms with Crippen molar-refractivity contribution in [3.05, 3.63) is 52.1 Å². The van der Waals surface area contributed by atoms with Gasteiger partial charge < -0.3 is 21.2 Å². The molecule has 0 saturated heterocycles. The van der Waals surface area contributed by atoms with Gasteiger partial charge in [-0.25, -0.2) is 0 Å². The molecule has 2 amide bonds. The standard InChI is InChI=1S/C24H27N7O3S/c32-21(15-5-6-15)28-23-20(22(33)25-11-14-3-4-14)18-10-17(7-8-19(18)35-23)31-13-26-29-24(31)27-16-2-1-9-30(34)12-16/h1-2,9,12-15,17H,3-8,10-11H2,(H,25,33)(H,27,29)(H,28,32)/t17-/m0/s1. The second-order valence-corrected chi connectivity index (χ2v) is 10.8. The van der Waals surface area contributed by atoms with Crippen LogP contribution < -0.4 is 20.7 Å². The number of carbonyl (C=O) groups is 2. The highest BCUT2D eigenvalue weighted by Gasteiger charge is 2.35. The van der Waals surface area contributed by atoms with Crippen LogP contribution in [0.4, 0.5) is 16.6 Å². The van der Waals surface area contributed by atoms with Crippen molar-refractivity contribution in [2.45, 2.75) is 51.0 Å². The minimum atomic E-state index is -0.104. The van der Waals surface area contributed by atoms with E-state index in [1.807, 2.05) is 4.57 Å². The average Bonchev–Trinajstić information content (AvgIpc) is 3.77. The number of hydrogen-bond acceptors (Lipinski definition) is 7. The second kappa shape index (κ2) is 8.95. The van der Waals surface area contributed by atoms with Crippen molar-refractivity contribution in [3.8, 4) is 0 Å². The Labute approximate surface area is 206 Å². The maximum absolute atomic E-state index is 13.3. The summed E-state index contributed by atoms with van der Waals surface area (Å²) in [7, 11) is 0. The van der Waals surface area contributed by atoms with Gasteiger partial charge in [-0.05, 0) is 62.5 Å². The number of rotatable bonds is 8. The molecule has 35 heavy (non-hydrogen) atoms. The molecule has 3 aromatic rings. The van der Waals surface area contributed by atoms with Crippen molar-refractivity contribution in [1.82, 2.24) is 20.1 Å². The SMILES string of the molecule is O=C(NCC1CC1)c1c(NC(=O)C2CC2)sc2c1C[C@@H](n1cnnc1Nc1ccc[n+]([O-])c1)CC2. The number of nitrogens with zero attached hydrogens (tertiary/aromatic N) is 4. The molecule has 0 bridgehead atoms. The van der Waals surface area contributed by atoms with Gasteiger partial charge in [-0.2, -0.15) is 4.73 Å². The topological polar surface area (TPSA) is 128 Å². The quantitative estimate of drug-likeness (QED) is 0.327. The normalized spacial score (nSPS) is 19.1. The van der Waals surface area contributed by atoms with Gasteiger partial charge in [-0.1, -0.05) is 0 Å². The third-order valence-corrected chi connectivity index (χ3v) is 8.10. The molecule has 0 radical (unpaired) electrons. The van der Waals surface area contributed by atoms with Crippen molar-refractivity contribution in [2.75, 3.05) is 17.2 Å². The van der Waals surface area contributed by atoms with E-state index in [1.54, 1.807) is 18.5 Å². The number of pyridine rings is 1. The number of aromatic nitrogens is 4. The lowest BCUT2D eigenvalue weighted by Crippen LogP contribution is -2.28. The van der Waals surface area contributed by atoms with Crippen molar-refractivity contribution in [1.29, 1.82) is 0 Å². The Kier molecular flexibility index (Phi) is 5.63. The fraction of sp³-hybridized carbons (Fsp3) is 0.458. The van der Waals surface area contributed by atoms with Gasteiger partial charge in [0.1, 0.15) is 17.0 Å². The molecule has 0 aliphatic heterocycles. The molecule has 1 atom stereocenters. The highest BCUT2D eigenvalue weighted by Crippen LogP contribution is 2.42. The van der Waals surface area contributed by atoms with Crippen molar-refractivity contribution < 1.29 is 14.3 Å². The highest BCUT2D eigenvalue weighted by atomic mass is 32.1. The molecular formula is C24H27N7O3S. The molecule has 0 spiro atoms. The first kappa shape index (κ1) is 22.0. The molecular weight excluding hydrogens is 466 g/mol. The van der Waals surface area contributed by atoms with Crippen LogP contribution in [0.3, 0.4) is 0 Å². The van der Waals surface area contributed by atoms with E-state index in [9.17, 15) is 14.8 Å². The van der Waals surface area contributed by atoms with Crippen LogP contribution >= 0.6 is 11.3 Å². The van der Waals surface area contributed by atoms with Crippen molar-refractivity contribution >= 4 is 39.8 Å². The Bertz CT molecular complexity index is 1280. The van der Waals surface area contributed by atoms with Crippen LogP contribution in [-0.2, 0) is 17.6 Å². The smallest absolute Gasteiger partial charge is 0.254 e. The predicted molar refractivity (Wildman–Crippen MR) is 130 cm³/mol. The molecule has 3 heterocycles. The summed E-state index contributed by atoms with van der Waals surface area (Å²) in [4.78, 5) is 27.0. The molecule has 182 valence electrons. The molecule has 6 rings (SSSR count). The number of aryl methyl sites for hydroxylation is 1. The number of anilines is 3. The van der Waals surface area contributed by atoms with E-state index in [1.165, 1.54) is 23.7 Å². The number of thiophene rings is 1. The Morgan fingerprint density at radius 3 is 2.86 bits per heavy atom. The summed E-state index contributed by atoms with van der Waals surface area (Å²) in [6.07, 6.45) is 11.0. The van der Waals surface area contributed by atoms with E-state index in [0.29, 0.717) is 41.1 Å². The van der Waals surface area contributed by atoms with Gasteiger partial charge in [0, 0.05) is 29.4 Å². The number of fused-ring (bicyclic) bond motifs is 1. The molecule has 0 unspecified atom stereocenters. The summed E-state index contributed by atoms with van der Waals surface area (Å²) in [6, 6.07) is 3.50. The second-order valence-electron chi connectivity index (χ2n) is 9.66. The van der Waals surface area contributed by atoms with Gasteiger partial charge in [-0.3, -0.25) is 14.2 Å². The van der Waals surface area contributed by atoms with Crippen LogP contribution in [0.1, 0.15) is 58.9 Å². The van der Waals surface area contributed by atoms with Crippen LogP contribution in [0.25, 0.3) is 0 Å². The van der Waals surface area contributed by atoms with Gasteiger partial charge in [0.25, 0.3) is 5.91 Å². The van der Waals surface area contributed by atoms with Gasteiger partial charge in [0.15, 0.2) is 6.20 Å². The van der Waals surface area contributed by atoms with E-state index in [4.69, 9.17) is 0 Å². The lowest BCUT2D eigenvalue weighted by atomic mass is 9.91. The first-order valence-electron chi connectivity index (χ1n) is 12.1. The molecule has 11 heteroatoms. The largest absolute Gasteiger partial charge is 0.619 e. The zero-order valence-electron chi connectivity index (χ0n) is 19.2. The first-order valence-corrected chi connectivity index (χ1v) is 13.0. The number of nitrogens with one attached hydrogen (secondary N) is 3. The number of amides is 2. The van der Waals surface area contributed by atoms with E-state index in [-0.39, 0.29) is 23.8 Å². The third-order valence-electron chi connectivity index (χ3n) is 6.89. The Hall–Kier alpha value is -3.47. The summed E-state index contributed by atoms with van der Waals surface area (Å²) in [5.74, 6) is 1.09. The highest BCUT2D eigenvalue weighted by molar-refractivity contribution is 7.17. The zero-order chi connectivity index (χ0) is 23.9. The fourth-order valence-electron chi connectivity index (χ4n) is 4.59. The minimum absolute atomic E-state index is 0.0140. The minimum Gasteiger partial charge on any atom is -0.619 e. The van der Waals surface area contributed by atoms with Crippen molar-refractivity contribution in [3.63, 3.8) is 0 Å². The van der Waals surface area contributed by atoms with E-state index in [2.05, 4.69) is 26.1 Å². The fourth-order valence-corrected chi connectivity index (χ4v) is 5.84. The van der Waals surface area contributed by atoms with Crippen LogP contribution in [-0.4, -0.2) is 33.1 Å². The molecule has 2 fully saturated rings. The summed E-state index contributed by atoms with van der Waals surface area (Å²) in [5.41, 5.74) is 2.23. The molecule has 10 nitrogen and oxygen atoms in total. The lowest BCUT2D eigenvalue weighted by Gasteiger charge is -2.25. The lowest BCUT2D eigenvalue weighted by molar-refractivity contribution is -0.604. The van der Waals surface area contributed by atoms with Crippen LogP contribution in [0, 0.1) is 17.0 Å². The maximum atomic E-state index is 13.3.